The van der Waals surface area contributed by atoms with Crippen LogP contribution in [0.4, 0.5) is 0 Å². The van der Waals surface area contributed by atoms with Crippen molar-refractivity contribution in [1.29, 1.82) is 5.26 Å². The average Bonchev–Trinajstić information content (AvgIpc) is 2.81. The predicted octanol–water partition coefficient (Wildman–Crippen LogP) is 3.28. The van der Waals surface area contributed by atoms with E-state index in [-0.39, 0.29) is 17.1 Å². The van der Waals surface area contributed by atoms with Crippen molar-refractivity contribution in [1.82, 2.24) is 5.32 Å². The molecule has 0 spiro atoms. The van der Waals surface area contributed by atoms with E-state index in [9.17, 15) is 10.1 Å². The molecular formula is C13H18N2OS2. The maximum absolute atomic E-state index is 12.1. The van der Waals surface area contributed by atoms with Gasteiger partial charge in [-0.25, -0.2) is 0 Å². The van der Waals surface area contributed by atoms with E-state index in [0.29, 0.717) is 0 Å². The summed E-state index contributed by atoms with van der Waals surface area (Å²) in [7, 11) is 0. The van der Waals surface area contributed by atoms with Gasteiger partial charge in [-0.2, -0.15) is 5.26 Å². The largest absolute Gasteiger partial charge is 0.337 e. The van der Waals surface area contributed by atoms with Gasteiger partial charge >= 0.3 is 0 Å². The molecule has 0 aromatic carbocycles. The summed E-state index contributed by atoms with van der Waals surface area (Å²) in [6.07, 6.45) is 0. The van der Waals surface area contributed by atoms with Crippen molar-refractivity contribution in [2.45, 2.75) is 42.7 Å². The minimum absolute atomic E-state index is 0.0744. The third-order valence-electron chi connectivity index (χ3n) is 2.93. The van der Waals surface area contributed by atoms with Gasteiger partial charge in [-0.1, -0.05) is 19.9 Å². The molecule has 1 amide bonds. The summed E-state index contributed by atoms with van der Waals surface area (Å²) in [6.45, 7) is 7.48. The van der Waals surface area contributed by atoms with Gasteiger partial charge < -0.3 is 5.32 Å². The van der Waals surface area contributed by atoms with Crippen LogP contribution in [0.1, 0.15) is 27.7 Å². The summed E-state index contributed by atoms with van der Waals surface area (Å²) in [6, 6.07) is 6.14. The van der Waals surface area contributed by atoms with E-state index in [1.807, 2.05) is 38.3 Å². The number of carbonyl (C=O) groups excluding carboxylic acids is 1. The Morgan fingerprint density at radius 1 is 1.56 bits per heavy atom. The molecule has 0 unspecified atom stereocenters. The number of nitriles is 1. The molecule has 1 heterocycles. The monoisotopic (exact) mass is 282 g/mol. The van der Waals surface area contributed by atoms with Gasteiger partial charge in [0.25, 0.3) is 0 Å². The molecule has 0 aliphatic heterocycles. The third kappa shape index (κ3) is 3.76. The van der Waals surface area contributed by atoms with Gasteiger partial charge in [0.2, 0.25) is 5.91 Å². The van der Waals surface area contributed by atoms with Crippen LogP contribution in [0.5, 0.6) is 0 Å². The minimum atomic E-state index is -0.804. The van der Waals surface area contributed by atoms with E-state index < -0.39 is 5.54 Å². The van der Waals surface area contributed by atoms with Gasteiger partial charge in [-0.15, -0.1) is 23.1 Å². The molecule has 1 aromatic heterocycles. The number of nitrogens with one attached hydrogen (secondary N) is 1. The number of hydrogen-bond acceptors (Lipinski definition) is 4. The van der Waals surface area contributed by atoms with Crippen molar-refractivity contribution in [2.75, 3.05) is 0 Å². The minimum Gasteiger partial charge on any atom is -0.337 e. The second kappa shape index (κ2) is 6.26. The maximum atomic E-state index is 12.1. The Morgan fingerprint density at radius 2 is 2.22 bits per heavy atom. The van der Waals surface area contributed by atoms with Crippen molar-refractivity contribution in [3.05, 3.63) is 17.5 Å². The highest BCUT2D eigenvalue weighted by molar-refractivity contribution is 8.02. The number of carbonyl (C=O) groups is 1. The lowest BCUT2D eigenvalue weighted by Crippen LogP contribution is -2.51. The van der Waals surface area contributed by atoms with Crippen LogP contribution in [0.25, 0.3) is 0 Å². The molecule has 1 aromatic rings. The molecule has 5 heteroatoms. The predicted molar refractivity (Wildman–Crippen MR) is 76.6 cm³/mol. The Labute approximate surface area is 117 Å². The van der Waals surface area contributed by atoms with Gasteiger partial charge in [0.05, 0.1) is 15.5 Å². The molecule has 0 aliphatic carbocycles. The highest BCUT2D eigenvalue weighted by Crippen LogP contribution is 2.28. The van der Waals surface area contributed by atoms with Crippen molar-refractivity contribution in [2.24, 2.45) is 5.92 Å². The smallest absolute Gasteiger partial charge is 0.234 e. The number of rotatable bonds is 5. The highest BCUT2D eigenvalue weighted by Gasteiger charge is 2.31. The van der Waals surface area contributed by atoms with Gasteiger partial charge in [-0.3, -0.25) is 4.79 Å². The van der Waals surface area contributed by atoms with E-state index in [2.05, 4.69) is 11.4 Å². The van der Waals surface area contributed by atoms with E-state index in [1.54, 1.807) is 18.3 Å². The lowest BCUT2D eigenvalue weighted by atomic mass is 9.90. The van der Waals surface area contributed by atoms with Crippen LogP contribution in [0.2, 0.25) is 0 Å². The number of thioether (sulfide) groups is 1. The second-order valence-corrected chi connectivity index (χ2v) is 7.24. The molecule has 1 rings (SSSR count). The zero-order valence-corrected chi connectivity index (χ0v) is 12.7. The topological polar surface area (TPSA) is 52.9 Å². The highest BCUT2D eigenvalue weighted by atomic mass is 32.2. The fourth-order valence-electron chi connectivity index (χ4n) is 1.22. The van der Waals surface area contributed by atoms with Gasteiger partial charge in [0.15, 0.2) is 0 Å². The first-order chi connectivity index (χ1) is 8.39. The summed E-state index contributed by atoms with van der Waals surface area (Å²) in [4.78, 5) is 12.1. The molecule has 0 saturated heterocycles. The molecule has 98 valence electrons. The summed E-state index contributed by atoms with van der Waals surface area (Å²) < 4.78 is 1.11. The second-order valence-electron chi connectivity index (χ2n) is 4.65. The van der Waals surface area contributed by atoms with Gasteiger partial charge in [-0.05, 0) is 31.2 Å². The SMILES string of the molecule is CC(C)[C@](C)(C#N)NC(=O)[C@H](C)Sc1cccs1. The Morgan fingerprint density at radius 3 is 2.67 bits per heavy atom. The molecule has 0 aliphatic rings. The first-order valence-corrected chi connectivity index (χ1v) is 7.58. The van der Waals surface area contributed by atoms with Crippen LogP contribution < -0.4 is 5.32 Å². The Balaban J connectivity index is 2.63. The molecule has 0 fully saturated rings. The Hall–Kier alpha value is -0.990. The summed E-state index contributed by atoms with van der Waals surface area (Å²) in [5.41, 5.74) is -0.804. The number of hydrogen-bond donors (Lipinski definition) is 1. The molecule has 0 radical (unpaired) electrons. The zero-order valence-electron chi connectivity index (χ0n) is 11.1. The molecule has 0 bridgehead atoms. The van der Waals surface area contributed by atoms with Crippen LogP contribution in [-0.2, 0) is 4.79 Å². The molecule has 1 N–H and O–H groups in total. The molecular weight excluding hydrogens is 264 g/mol. The van der Waals surface area contributed by atoms with Crippen molar-refractivity contribution in [3.8, 4) is 6.07 Å². The first kappa shape index (κ1) is 15.1. The first-order valence-electron chi connectivity index (χ1n) is 5.82. The van der Waals surface area contributed by atoms with Gasteiger partial charge in [0, 0.05) is 0 Å². The van der Waals surface area contributed by atoms with E-state index in [1.165, 1.54) is 11.8 Å². The summed E-state index contributed by atoms with van der Waals surface area (Å²) >= 11 is 3.13. The maximum Gasteiger partial charge on any atom is 0.234 e. The molecule has 0 saturated carbocycles. The fraction of sp³-hybridized carbons (Fsp3) is 0.538. The van der Waals surface area contributed by atoms with Crippen LogP contribution in [0, 0.1) is 17.2 Å². The van der Waals surface area contributed by atoms with E-state index in [4.69, 9.17) is 0 Å². The van der Waals surface area contributed by atoms with Crippen molar-refractivity contribution in [3.63, 3.8) is 0 Å². The average molecular weight is 282 g/mol. The van der Waals surface area contributed by atoms with Gasteiger partial charge in [0.1, 0.15) is 5.54 Å². The third-order valence-corrected chi connectivity index (χ3v) is 5.10. The zero-order chi connectivity index (χ0) is 13.8. The molecule has 3 nitrogen and oxygen atoms in total. The fourth-order valence-corrected chi connectivity index (χ4v) is 3.16. The van der Waals surface area contributed by atoms with Crippen LogP contribution in [-0.4, -0.2) is 16.7 Å². The number of amides is 1. The number of nitrogens with zero attached hydrogens (tertiary/aromatic N) is 1. The summed E-state index contributed by atoms with van der Waals surface area (Å²) in [5, 5.41) is 13.8. The van der Waals surface area contributed by atoms with E-state index in [0.717, 1.165) is 4.21 Å². The van der Waals surface area contributed by atoms with Crippen LogP contribution in [0.3, 0.4) is 0 Å². The Kier molecular flexibility index (Phi) is 5.24. The number of thiophene rings is 1. The van der Waals surface area contributed by atoms with Crippen LogP contribution >= 0.6 is 23.1 Å². The lowest BCUT2D eigenvalue weighted by Gasteiger charge is -2.28. The quantitative estimate of drug-likeness (QED) is 0.843. The summed E-state index contributed by atoms with van der Waals surface area (Å²) in [5.74, 6) is -0.0171. The van der Waals surface area contributed by atoms with Crippen molar-refractivity contribution < 1.29 is 4.79 Å². The standard InChI is InChI=1S/C13H18N2OS2/c1-9(2)13(4,8-14)15-12(16)10(3)18-11-6-5-7-17-11/h5-7,9-10H,1-4H3,(H,15,16)/t10-,13-/m0/s1. The Bertz CT molecular complexity index is 436. The van der Waals surface area contributed by atoms with Crippen LogP contribution in [0.15, 0.2) is 21.7 Å². The molecule has 2 atom stereocenters. The van der Waals surface area contributed by atoms with Crippen molar-refractivity contribution >= 4 is 29.0 Å². The molecule has 18 heavy (non-hydrogen) atoms. The van der Waals surface area contributed by atoms with E-state index >= 15 is 0 Å². The normalized spacial score (nSPS) is 15.8. The lowest BCUT2D eigenvalue weighted by molar-refractivity contribution is -0.121.